The summed E-state index contributed by atoms with van der Waals surface area (Å²) in [6.45, 7) is 2.72. The van der Waals surface area contributed by atoms with Crippen molar-refractivity contribution >= 4 is 17.7 Å². The fourth-order valence-corrected chi connectivity index (χ4v) is 2.23. The maximum absolute atomic E-state index is 13.7. The quantitative estimate of drug-likeness (QED) is 0.584. The summed E-state index contributed by atoms with van der Waals surface area (Å²) in [5, 5.41) is 2.26. The largest absolute Gasteiger partial charge is 0.456 e. The molecule has 0 aliphatic rings. The predicted molar refractivity (Wildman–Crippen MR) is 88.5 cm³/mol. The smallest absolute Gasteiger partial charge is 0.329 e. The molecule has 2 aromatic rings. The van der Waals surface area contributed by atoms with Crippen LogP contribution >= 0.6 is 0 Å². The van der Waals surface area contributed by atoms with E-state index in [1.54, 1.807) is 26.1 Å². The van der Waals surface area contributed by atoms with Crippen molar-refractivity contribution in [2.45, 2.75) is 19.9 Å². The molecule has 6 nitrogen and oxygen atoms in total. The number of benzene rings is 1. The first-order chi connectivity index (χ1) is 12.3. The van der Waals surface area contributed by atoms with Crippen molar-refractivity contribution in [1.82, 2.24) is 10.3 Å². The van der Waals surface area contributed by atoms with Crippen molar-refractivity contribution in [1.29, 1.82) is 0 Å². The summed E-state index contributed by atoms with van der Waals surface area (Å²) in [6.07, 6.45) is 1.55. The number of amides is 1. The Labute approximate surface area is 148 Å². The normalized spacial score (nSPS) is 11.9. The predicted octanol–water partition coefficient (Wildman–Crippen LogP) is 2.47. The van der Waals surface area contributed by atoms with Crippen LogP contribution in [-0.2, 0) is 9.53 Å². The number of nitrogens with one attached hydrogen (secondary N) is 2. The Hall–Kier alpha value is -3.03. The molecule has 8 heteroatoms. The van der Waals surface area contributed by atoms with Crippen molar-refractivity contribution in [2.24, 2.45) is 5.92 Å². The van der Waals surface area contributed by atoms with Gasteiger partial charge in [0, 0.05) is 6.20 Å². The van der Waals surface area contributed by atoms with Gasteiger partial charge in [-0.25, -0.2) is 13.6 Å². The highest BCUT2D eigenvalue weighted by molar-refractivity contribution is 5.98. The molecule has 0 bridgehead atoms. The van der Waals surface area contributed by atoms with Gasteiger partial charge >= 0.3 is 5.97 Å². The molecule has 0 aliphatic heterocycles. The van der Waals surface area contributed by atoms with Crippen molar-refractivity contribution in [3.63, 3.8) is 0 Å². The number of esters is 1. The average Bonchev–Trinajstić information content (AvgIpc) is 3.11. The van der Waals surface area contributed by atoms with Gasteiger partial charge in [-0.15, -0.1) is 0 Å². The SMILES string of the molecule is CC(C)C(NC(=O)c1c(F)cccc1F)C(=O)OCC(=O)c1ccc[nH]1. The number of Topliss-reactive ketones (excluding diaryl/α,β-unsaturated/α-hetero) is 1. The number of aromatic nitrogens is 1. The lowest BCUT2D eigenvalue weighted by molar-refractivity contribution is -0.145. The van der Waals surface area contributed by atoms with E-state index in [-0.39, 0.29) is 5.69 Å². The molecule has 26 heavy (non-hydrogen) atoms. The second-order valence-corrected chi connectivity index (χ2v) is 5.91. The van der Waals surface area contributed by atoms with Crippen molar-refractivity contribution in [2.75, 3.05) is 6.61 Å². The molecule has 1 heterocycles. The Morgan fingerprint density at radius 1 is 1.12 bits per heavy atom. The molecule has 1 unspecified atom stereocenters. The molecule has 1 amide bonds. The maximum Gasteiger partial charge on any atom is 0.329 e. The summed E-state index contributed by atoms with van der Waals surface area (Å²) < 4.78 is 32.3. The third kappa shape index (κ3) is 4.53. The van der Waals surface area contributed by atoms with Gasteiger partial charge in [-0.2, -0.15) is 0 Å². The van der Waals surface area contributed by atoms with E-state index in [4.69, 9.17) is 4.74 Å². The standard InChI is InChI=1S/C18H18F2N2O4/c1-10(2)16(18(25)26-9-14(23)13-7-4-8-21-13)22-17(24)15-11(19)5-3-6-12(15)20/h3-8,10,16,21H,9H2,1-2H3,(H,22,24). The molecule has 0 saturated heterocycles. The van der Waals surface area contributed by atoms with Crippen molar-refractivity contribution in [3.8, 4) is 0 Å². The first-order valence-corrected chi connectivity index (χ1v) is 7.89. The van der Waals surface area contributed by atoms with Crippen LogP contribution in [0.3, 0.4) is 0 Å². The van der Waals surface area contributed by atoms with Crippen LogP contribution in [0.15, 0.2) is 36.5 Å². The highest BCUT2D eigenvalue weighted by Gasteiger charge is 2.29. The van der Waals surface area contributed by atoms with Gasteiger partial charge in [-0.3, -0.25) is 9.59 Å². The number of carbonyl (C=O) groups is 3. The van der Waals surface area contributed by atoms with Crippen LogP contribution in [0.5, 0.6) is 0 Å². The Balaban J connectivity index is 2.04. The molecule has 1 aromatic carbocycles. The zero-order chi connectivity index (χ0) is 19.3. The van der Waals surface area contributed by atoms with E-state index in [1.807, 2.05) is 0 Å². The lowest BCUT2D eigenvalue weighted by Crippen LogP contribution is -2.46. The van der Waals surface area contributed by atoms with Gasteiger partial charge in [-0.05, 0) is 30.2 Å². The number of hydrogen-bond acceptors (Lipinski definition) is 4. The summed E-state index contributed by atoms with van der Waals surface area (Å²) in [5.74, 6) is -4.91. The summed E-state index contributed by atoms with van der Waals surface area (Å²) in [6, 6.07) is 4.99. The highest BCUT2D eigenvalue weighted by Crippen LogP contribution is 2.13. The first-order valence-electron chi connectivity index (χ1n) is 7.89. The fraction of sp³-hybridized carbons (Fsp3) is 0.278. The molecule has 138 valence electrons. The molecule has 0 aliphatic carbocycles. The van der Waals surface area contributed by atoms with Gasteiger partial charge in [0.15, 0.2) is 6.61 Å². The Kier molecular flexibility index (Phi) is 6.21. The molecular formula is C18H18F2N2O4. The highest BCUT2D eigenvalue weighted by atomic mass is 19.1. The number of halogens is 2. The zero-order valence-electron chi connectivity index (χ0n) is 14.2. The number of ketones is 1. The van der Waals surface area contributed by atoms with E-state index in [0.29, 0.717) is 0 Å². The van der Waals surface area contributed by atoms with E-state index in [9.17, 15) is 23.2 Å². The number of carbonyl (C=O) groups excluding carboxylic acids is 3. The number of rotatable bonds is 7. The minimum Gasteiger partial charge on any atom is -0.456 e. The molecule has 0 fully saturated rings. The van der Waals surface area contributed by atoms with Crippen LogP contribution in [0.2, 0.25) is 0 Å². The van der Waals surface area contributed by atoms with Crippen molar-refractivity contribution in [3.05, 3.63) is 59.4 Å². The number of aromatic amines is 1. The second-order valence-electron chi connectivity index (χ2n) is 5.91. The van der Waals surface area contributed by atoms with Gasteiger partial charge in [0.1, 0.15) is 23.2 Å². The van der Waals surface area contributed by atoms with Crippen LogP contribution < -0.4 is 5.32 Å². The molecule has 0 spiro atoms. The molecule has 2 N–H and O–H groups in total. The van der Waals surface area contributed by atoms with Crippen LogP contribution in [0.1, 0.15) is 34.7 Å². The molecule has 2 rings (SSSR count). The van der Waals surface area contributed by atoms with Crippen LogP contribution in [0.25, 0.3) is 0 Å². The van der Waals surface area contributed by atoms with Gasteiger partial charge in [0.25, 0.3) is 5.91 Å². The number of hydrogen-bond donors (Lipinski definition) is 2. The lowest BCUT2D eigenvalue weighted by atomic mass is 10.0. The summed E-state index contributed by atoms with van der Waals surface area (Å²) in [4.78, 5) is 38.9. The van der Waals surface area contributed by atoms with Gasteiger partial charge < -0.3 is 15.0 Å². The molecule has 0 radical (unpaired) electrons. The van der Waals surface area contributed by atoms with E-state index >= 15 is 0 Å². The van der Waals surface area contributed by atoms with Crippen LogP contribution in [0, 0.1) is 17.6 Å². The number of H-pyrrole nitrogens is 1. The van der Waals surface area contributed by atoms with Gasteiger partial charge in [0.05, 0.1) is 5.69 Å². The minimum absolute atomic E-state index is 0.274. The molecular weight excluding hydrogens is 346 g/mol. The van der Waals surface area contributed by atoms with E-state index in [1.165, 1.54) is 6.07 Å². The maximum atomic E-state index is 13.7. The van der Waals surface area contributed by atoms with E-state index in [2.05, 4.69) is 10.3 Å². The monoisotopic (exact) mass is 364 g/mol. The Bertz CT molecular complexity index is 783. The lowest BCUT2D eigenvalue weighted by Gasteiger charge is -2.21. The molecule has 1 aromatic heterocycles. The Morgan fingerprint density at radius 3 is 2.31 bits per heavy atom. The third-order valence-electron chi connectivity index (χ3n) is 3.64. The van der Waals surface area contributed by atoms with Gasteiger partial charge in [-0.1, -0.05) is 19.9 Å². The zero-order valence-corrected chi connectivity index (χ0v) is 14.2. The van der Waals surface area contributed by atoms with Crippen LogP contribution in [0.4, 0.5) is 8.78 Å². The Morgan fingerprint density at radius 2 is 1.77 bits per heavy atom. The van der Waals surface area contributed by atoms with E-state index < -0.39 is 53.4 Å². The summed E-state index contributed by atoms with van der Waals surface area (Å²) >= 11 is 0. The topological polar surface area (TPSA) is 88.3 Å². The minimum atomic E-state index is -1.17. The second kappa shape index (κ2) is 8.37. The average molecular weight is 364 g/mol. The summed E-state index contributed by atoms with van der Waals surface area (Å²) in [7, 11) is 0. The summed E-state index contributed by atoms with van der Waals surface area (Å²) in [5.41, 5.74) is -0.509. The number of ether oxygens (including phenoxy) is 1. The first kappa shape index (κ1) is 19.3. The third-order valence-corrected chi connectivity index (χ3v) is 3.64. The fourth-order valence-electron chi connectivity index (χ4n) is 2.23. The van der Waals surface area contributed by atoms with Crippen LogP contribution in [-0.4, -0.2) is 35.3 Å². The van der Waals surface area contributed by atoms with Crippen molar-refractivity contribution < 1.29 is 27.9 Å². The molecule has 1 atom stereocenters. The van der Waals surface area contributed by atoms with Gasteiger partial charge in [0.2, 0.25) is 5.78 Å². The van der Waals surface area contributed by atoms with E-state index in [0.717, 1.165) is 18.2 Å². The molecule has 0 saturated carbocycles.